The summed E-state index contributed by atoms with van der Waals surface area (Å²) in [6.45, 7) is 2.59. The molecule has 9 heteroatoms. The van der Waals surface area contributed by atoms with Crippen molar-refractivity contribution in [1.82, 2.24) is 19.9 Å². The molecule has 0 aromatic carbocycles. The molecule has 0 saturated carbocycles. The Labute approximate surface area is 141 Å². The predicted molar refractivity (Wildman–Crippen MR) is 88.6 cm³/mol. The maximum Gasteiger partial charge on any atom is 0.237 e. The number of hydrogen-bond acceptors (Lipinski definition) is 7. The van der Waals surface area contributed by atoms with E-state index in [1.165, 1.54) is 16.6 Å². The molecule has 0 aliphatic rings. The molecule has 0 aliphatic heterocycles. The normalized spacial score (nSPS) is 10.8. The van der Waals surface area contributed by atoms with E-state index in [4.69, 9.17) is 4.52 Å². The number of thiophene rings is 1. The van der Waals surface area contributed by atoms with Gasteiger partial charge in [0.2, 0.25) is 11.8 Å². The Hall–Kier alpha value is -2.13. The second-order valence-electron chi connectivity index (χ2n) is 4.81. The summed E-state index contributed by atoms with van der Waals surface area (Å²) >= 11 is 3.07. The van der Waals surface area contributed by atoms with Crippen LogP contribution in [0.3, 0.4) is 0 Å². The lowest BCUT2D eigenvalue weighted by molar-refractivity contribution is -0.113. The van der Waals surface area contributed by atoms with E-state index in [9.17, 15) is 4.79 Å². The van der Waals surface area contributed by atoms with E-state index in [0.717, 1.165) is 23.8 Å². The summed E-state index contributed by atoms with van der Waals surface area (Å²) in [6, 6.07) is 5.82. The summed E-state index contributed by atoms with van der Waals surface area (Å²) in [4.78, 5) is 13.2. The van der Waals surface area contributed by atoms with Gasteiger partial charge in [-0.25, -0.2) is 0 Å². The number of nitrogens with one attached hydrogen (secondary N) is 1. The van der Waals surface area contributed by atoms with Gasteiger partial charge in [-0.05, 0) is 24.8 Å². The van der Waals surface area contributed by atoms with Crippen LogP contribution in [0.15, 0.2) is 39.6 Å². The third-order valence-electron chi connectivity index (χ3n) is 2.98. The fourth-order valence-corrected chi connectivity index (χ4v) is 3.36. The van der Waals surface area contributed by atoms with Crippen molar-refractivity contribution in [3.63, 3.8) is 0 Å². The molecule has 1 N–H and O–H groups in total. The van der Waals surface area contributed by atoms with Crippen molar-refractivity contribution in [2.24, 2.45) is 0 Å². The maximum absolute atomic E-state index is 11.9. The molecule has 0 bridgehead atoms. The molecule has 0 atom stereocenters. The Balaban J connectivity index is 1.50. The van der Waals surface area contributed by atoms with Gasteiger partial charge in [-0.2, -0.15) is 0 Å². The van der Waals surface area contributed by atoms with Crippen LogP contribution in [-0.4, -0.2) is 31.6 Å². The van der Waals surface area contributed by atoms with Crippen LogP contribution >= 0.6 is 23.1 Å². The van der Waals surface area contributed by atoms with Crippen LogP contribution in [0.2, 0.25) is 0 Å². The molecule has 3 aromatic rings. The first-order chi connectivity index (χ1) is 11.2. The Kier molecular flexibility index (Phi) is 5.09. The van der Waals surface area contributed by atoms with Gasteiger partial charge in [0, 0.05) is 17.5 Å². The minimum absolute atomic E-state index is 0.168. The quantitative estimate of drug-likeness (QED) is 0.660. The van der Waals surface area contributed by atoms with Crippen molar-refractivity contribution in [3.8, 4) is 0 Å². The van der Waals surface area contributed by atoms with E-state index in [1.807, 2.05) is 10.6 Å². The highest BCUT2D eigenvalue weighted by molar-refractivity contribution is 7.99. The number of carbonyl (C=O) groups is 1. The summed E-state index contributed by atoms with van der Waals surface area (Å²) in [5, 5.41) is 17.1. The van der Waals surface area contributed by atoms with Crippen molar-refractivity contribution in [2.45, 2.75) is 25.0 Å². The molecule has 0 radical (unpaired) electrons. The highest BCUT2D eigenvalue weighted by Crippen LogP contribution is 2.17. The largest absolute Gasteiger partial charge is 0.338 e. The van der Waals surface area contributed by atoms with Crippen molar-refractivity contribution >= 4 is 34.9 Å². The molecule has 3 heterocycles. The van der Waals surface area contributed by atoms with Gasteiger partial charge in [-0.3, -0.25) is 10.1 Å². The van der Waals surface area contributed by atoms with Crippen LogP contribution in [0.25, 0.3) is 0 Å². The topological polar surface area (TPSA) is 85.8 Å². The summed E-state index contributed by atoms with van der Waals surface area (Å²) in [5.41, 5.74) is 0.723. The molecule has 1 amide bonds. The smallest absolute Gasteiger partial charge is 0.237 e. The van der Waals surface area contributed by atoms with E-state index in [2.05, 4.69) is 32.1 Å². The first-order valence-corrected chi connectivity index (χ1v) is 8.83. The molecule has 3 aromatic heterocycles. The lowest BCUT2D eigenvalue weighted by Crippen LogP contribution is -2.14. The first kappa shape index (κ1) is 15.8. The Bertz CT molecular complexity index is 766. The molecule has 0 spiro atoms. The molecule has 0 aliphatic carbocycles. The average molecular weight is 349 g/mol. The molecule has 0 saturated heterocycles. The zero-order valence-corrected chi connectivity index (χ0v) is 14.1. The summed E-state index contributed by atoms with van der Waals surface area (Å²) in [6.07, 6.45) is 2.61. The number of anilines is 1. The molecule has 23 heavy (non-hydrogen) atoms. The first-order valence-electron chi connectivity index (χ1n) is 6.97. The minimum atomic E-state index is -0.168. The van der Waals surface area contributed by atoms with Crippen molar-refractivity contribution < 1.29 is 9.32 Å². The second kappa shape index (κ2) is 7.42. The van der Waals surface area contributed by atoms with Gasteiger partial charge >= 0.3 is 0 Å². The Morgan fingerprint density at radius 2 is 2.43 bits per heavy atom. The third-order valence-corrected chi connectivity index (χ3v) is 4.90. The van der Waals surface area contributed by atoms with Crippen LogP contribution in [-0.2, 0) is 17.8 Å². The number of hydrogen-bond donors (Lipinski definition) is 1. The lowest BCUT2D eigenvalue weighted by atomic mass is 10.3. The average Bonchev–Trinajstić information content (AvgIpc) is 3.25. The predicted octanol–water partition coefficient (Wildman–Crippen LogP) is 2.61. The van der Waals surface area contributed by atoms with Gasteiger partial charge in [-0.15, -0.1) is 21.5 Å². The molecule has 7 nitrogen and oxygen atoms in total. The summed E-state index contributed by atoms with van der Waals surface area (Å²) in [7, 11) is 0. The van der Waals surface area contributed by atoms with Gasteiger partial charge in [0.05, 0.1) is 11.4 Å². The van der Waals surface area contributed by atoms with Gasteiger partial charge in [0.1, 0.15) is 6.33 Å². The second-order valence-corrected chi connectivity index (χ2v) is 6.78. The summed E-state index contributed by atoms with van der Waals surface area (Å²) in [5.74, 6) is 0.420. The van der Waals surface area contributed by atoms with Crippen LogP contribution in [0, 0.1) is 6.92 Å². The number of amides is 1. The number of thioether (sulfide) groups is 1. The molecule has 120 valence electrons. The van der Waals surface area contributed by atoms with E-state index >= 15 is 0 Å². The molecular weight excluding hydrogens is 334 g/mol. The van der Waals surface area contributed by atoms with Crippen LogP contribution in [0.1, 0.15) is 10.6 Å². The highest BCUT2D eigenvalue weighted by atomic mass is 32.2. The number of aryl methyl sites for hydroxylation is 3. The van der Waals surface area contributed by atoms with Crippen molar-refractivity contribution in [2.75, 3.05) is 11.1 Å². The van der Waals surface area contributed by atoms with Gasteiger partial charge in [-0.1, -0.05) is 23.0 Å². The van der Waals surface area contributed by atoms with E-state index in [1.54, 1.807) is 30.7 Å². The maximum atomic E-state index is 11.9. The van der Waals surface area contributed by atoms with E-state index in [0.29, 0.717) is 5.88 Å². The fraction of sp³-hybridized carbons (Fsp3) is 0.286. The SMILES string of the molecule is Cc1cc(NC(=O)CSc2nncn2CCc2cccs2)on1. The standard InChI is InChI=1S/C14H15N5O2S2/c1-10-7-13(21-18-10)16-12(20)8-23-14-17-15-9-19(14)5-4-11-3-2-6-22-11/h2-3,6-7,9H,4-5,8H2,1H3,(H,16,20). The van der Waals surface area contributed by atoms with Gasteiger partial charge in [0.25, 0.3) is 0 Å². The zero-order chi connectivity index (χ0) is 16.1. The Morgan fingerprint density at radius 3 is 3.17 bits per heavy atom. The van der Waals surface area contributed by atoms with Crippen LogP contribution < -0.4 is 5.32 Å². The minimum Gasteiger partial charge on any atom is -0.338 e. The van der Waals surface area contributed by atoms with E-state index < -0.39 is 0 Å². The Morgan fingerprint density at radius 1 is 1.52 bits per heavy atom. The zero-order valence-electron chi connectivity index (χ0n) is 12.4. The fourth-order valence-electron chi connectivity index (χ4n) is 1.92. The molecule has 0 unspecified atom stereocenters. The molecule has 0 fully saturated rings. The lowest BCUT2D eigenvalue weighted by Gasteiger charge is -2.05. The van der Waals surface area contributed by atoms with Crippen molar-refractivity contribution in [1.29, 1.82) is 0 Å². The molecular formula is C14H15N5O2S2. The van der Waals surface area contributed by atoms with Gasteiger partial charge < -0.3 is 9.09 Å². The monoisotopic (exact) mass is 349 g/mol. The number of carbonyl (C=O) groups excluding carboxylic acids is 1. The molecule has 3 rings (SSSR count). The van der Waals surface area contributed by atoms with Crippen molar-refractivity contribution in [3.05, 3.63) is 40.5 Å². The number of aromatic nitrogens is 4. The van der Waals surface area contributed by atoms with Crippen LogP contribution in [0.4, 0.5) is 5.88 Å². The highest BCUT2D eigenvalue weighted by Gasteiger charge is 2.11. The van der Waals surface area contributed by atoms with E-state index in [-0.39, 0.29) is 11.7 Å². The van der Waals surface area contributed by atoms with Crippen LogP contribution in [0.5, 0.6) is 0 Å². The number of rotatable bonds is 7. The number of nitrogens with zero attached hydrogens (tertiary/aromatic N) is 4. The third kappa shape index (κ3) is 4.42. The summed E-state index contributed by atoms with van der Waals surface area (Å²) < 4.78 is 6.91. The van der Waals surface area contributed by atoms with Gasteiger partial charge in [0.15, 0.2) is 5.16 Å².